The van der Waals surface area contributed by atoms with E-state index in [1.54, 1.807) is 13.2 Å². The Labute approximate surface area is 150 Å². The number of halogens is 3. The lowest BCUT2D eigenvalue weighted by Gasteiger charge is -2.14. The first-order chi connectivity index (χ1) is 12.8. The Kier molecular flexibility index (Phi) is 4.66. The van der Waals surface area contributed by atoms with Gasteiger partial charge >= 0.3 is 6.18 Å². The quantitative estimate of drug-likeness (QED) is 0.531. The molecule has 10 nitrogen and oxygen atoms in total. The van der Waals surface area contributed by atoms with Crippen LogP contribution in [0.25, 0.3) is 0 Å². The van der Waals surface area contributed by atoms with Gasteiger partial charge in [-0.3, -0.25) is 14.6 Å². The van der Waals surface area contributed by atoms with Crippen LogP contribution in [0, 0.1) is 0 Å². The molecule has 0 fully saturated rings. The van der Waals surface area contributed by atoms with E-state index in [9.17, 15) is 18.0 Å². The number of carbonyl (C=O) groups is 1. The van der Waals surface area contributed by atoms with Gasteiger partial charge in [-0.25, -0.2) is 4.98 Å². The predicted octanol–water partition coefficient (Wildman–Crippen LogP) is 1.80. The van der Waals surface area contributed by atoms with E-state index in [0.717, 1.165) is 0 Å². The lowest BCUT2D eigenvalue weighted by atomic mass is 10.2. The highest BCUT2D eigenvalue weighted by molar-refractivity contribution is 5.98. The maximum Gasteiger partial charge on any atom is 0.421 e. The van der Waals surface area contributed by atoms with Gasteiger partial charge < -0.3 is 16.0 Å². The van der Waals surface area contributed by atoms with Gasteiger partial charge in [0.25, 0.3) is 5.91 Å². The van der Waals surface area contributed by atoms with Gasteiger partial charge in [0.15, 0.2) is 0 Å². The summed E-state index contributed by atoms with van der Waals surface area (Å²) in [6.45, 7) is 0. The van der Waals surface area contributed by atoms with E-state index in [1.165, 1.54) is 24.1 Å². The Balaban J connectivity index is 1.97. The number of aryl methyl sites for hydroxylation is 1. The minimum Gasteiger partial charge on any atom is -0.354 e. The van der Waals surface area contributed by atoms with Crippen molar-refractivity contribution < 1.29 is 18.0 Å². The summed E-state index contributed by atoms with van der Waals surface area (Å²) < 4.78 is 41.4. The van der Waals surface area contributed by atoms with Gasteiger partial charge in [-0.15, -0.1) is 0 Å². The number of rotatable bonds is 5. The van der Waals surface area contributed by atoms with E-state index < -0.39 is 23.5 Å². The van der Waals surface area contributed by atoms with E-state index in [2.05, 4.69) is 41.2 Å². The predicted molar refractivity (Wildman–Crippen MR) is 88.8 cm³/mol. The van der Waals surface area contributed by atoms with Crippen LogP contribution in [-0.4, -0.2) is 42.9 Å². The van der Waals surface area contributed by atoms with Crippen molar-refractivity contribution in [3.63, 3.8) is 0 Å². The van der Waals surface area contributed by atoms with Crippen molar-refractivity contribution in [2.45, 2.75) is 6.18 Å². The fourth-order valence-corrected chi connectivity index (χ4v) is 2.17. The second-order valence-corrected chi connectivity index (χ2v) is 5.34. The number of hydrogen-bond donors (Lipinski definition) is 4. The van der Waals surface area contributed by atoms with Gasteiger partial charge in [-0.1, -0.05) is 0 Å². The smallest absolute Gasteiger partial charge is 0.354 e. The topological polar surface area (TPSA) is 125 Å². The van der Waals surface area contributed by atoms with E-state index in [-0.39, 0.29) is 17.3 Å². The van der Waals surface area contributed by atoms with Crippen molar-refractivity contribution >= 4 is 29.0 Å². The van der Waals surface area contributed by atoms with Crippen molar-refractivity contribution in [2.75, 3.05) is 17.7 Å². The zero-order valence-corrected chi connectivity index (χ0v) is 14.1. The number of H-pyrrole nitrogens is 1. The molecule has 0 aliphatic carbocycles. The maximum absolute atomic E-state index is 13.3. The molecule has 27 heavy (non-hydrogen) atoms. The number of aromatic nitrogens is 6. The third kappa shape index (κ3) is 3.96. The van der Waals surface area contributed by atoms with Gasteiger partial charge in [0.05, 0.1) is 23.8 Å². The number of carbonyl (C=O) groups excluding carboxylic acids is 1. The van der Waals surface area contributed by atoms with E-state index in [1.807, 2.05) is 0 Å². The van der Waals surface area contributed by atoms with Crippen LogP contribution in [0.15, 0.2) is 24.8 Å². The molecular formula is C14H14F3N9O. The van der Waals surface area contributed by atoms with Crippen LogP contribution in [0.5, 0.6) is 0 Å². The standard InChI is InChI=1S/C14H14F3N9O/c1-18-12(27)10-9(5-20-25-10)23-11-8(14(15,16)17)4-19-13(24-11)22-7-3-21-26(2)6-7/h3-6H,1-2H3,(H,18,27)(H,20,25)(H2,19,22,23,24). The molecule has 0 atom stereocenters. The van der Waals surface area contributed by atoms with Crippen molar-refractivity contribution in [2.24, 2.45) is 7.05 Å². The molecule has 0 bridgehead atoms. The Hall–Kier alpha value is -3.64. The third-order valence-electron chi connectivity index (χ3n) is 3.40. The number of nitrogens with zero attached hydrogens (tertiary/aromatic N) is 5. The number of aromatic amines is 1. The molecule has 0 saturated heterocycles. The number of amides is 1. The lowest BCUT2D eigenvalue weighted by molar-refractivity contribution is -0.137. The molecule has 0 aliphatic rings. The van der Waals surface area contributed by atoms with Crippen molar-refractivity contribution in [3.8, 4) is 0 Å². The number of anilines is 4. The Morgan fingerprint density at radius 2 is 2.00 bits per heavy atom. The minimum absolute atomic E-state index is 0.0332. The SMILES string of the molecule is CNC(=O)c1[nH]ncc1Nc1nc(Nc2cnn(C)c2)ncc1C(F)(F)F. The minimum atomic E-state index is -4.70. The lowest BCUT2D eigenvalue weighted by Crippen LogP contribution is -2.20. The summed E-state index contributed by atoms with van der Waals surface area (Å²) in [5.74, 6) is -1.16. The number of nitrogens with one attached hydrogen (secondary N) is 4. The first kappa shape index (κ1) is 18.2. The van der Waals surface area contributed by atoms with Gasteiger partial charge in [-0.05, 0) is 0 Å². The van der Waals surface area contributed by atoms with E-state index in [0.29, 0.717) is 11.9 Å². The second-order valence-electron chi connectivity index (χ2n) is 5.34. The van der Waals surface area contributed by atoms with Crippen molar-refractivity contribution in [1.29, 1.82) is 0 Å². The fraction of sp³-hybridized carbons (Fsp3) is 0.214. The number of hydrogen-bond acceptors (Lipinski definition) is 7. The second kappa shape index (κ2) is 6.93. The molecule has 3 rings (SSSR count). The Morgan fingerprint density at radius 3 is 2.63 bits per heavy atom. The molecule has 0 unspecified atom stereocenters. The highest BCUT2D eigenvalue weighted by Gasteiger charge is 2.35. The summed E-state index contributed by atoms with van der Waals surface area (Å²) in [7, 11) is 3.07. The monoisotopic (exact) mass is 381 g/mol. The van der Waals surface area contributed by atoms with Crippen LogP contribution in [0.1, 0.15) is 16.1 Å². The molecular weight excluding hydrogens is 367 g/mol. The van der Waals surface area contributed by atoms with Gasteiger partial charge in [-0.2, -0.15) is 28.4 Å². The van der Waals surface area contributed by atoms with Crippen molar-refractivity contribution in [3.05, 3.63) is 36.0 Å². The maximum atomic E-state index is 13.3. The first-order valence-corrected chi connectivity index (χ1v) is 7.50. The van der Waals surface area contributed by atoms with Crippen LogP contribution < -0.4 is 16.0 Å². The van der Waals surface area contributed by atoms with Crippen molar-refractivity contribution in [1.82, 2.24) is 35.3 Å². The van der Waals surface area contributed by atoms with Crippen LogP contribution in [-0.2, 0) is 13.2 Å². The third-order valence-corrected chi connectivity index (χ3v) is 3.40. The number of alkyl halides is 3. The largest absolute Gasteiger partial charge is 0.421 e. The molecule has 0 aliphatic heterocycles. The first-order valence-electron chi connectivity index (χ1n) is 7.50. The summed E-state index contributed by atoms with van der Waals surface area (Å²) in [5.41, 5.74) is -0.599. The molecule has 13 heteroatoms. The Morgan fingerprint density at radius 1 is 1.22 bits per heavy atom. The molecule has 0 saturated carbocycles. The highest BCUT2D eigenvalue weighted by atomic mass is 19.4. The zero-order chi connectivity index (χ0) is 19.6. The molecule has 0 radical (unpaired) electrons. The van der Waals surface area contributed by atoms with Gasteiger partial charge in [0.2, 0.25) is 5.95 Å². The normalized spacial score (nSPS) is 11.3. The summed E-state index contributed by atoms with van der Waals surface area (Å²) in [6.07, 6.45) is 0.197. The fourth-order valence-electron chi connectivity index (χ4n) is 2.17. The summed E-state index contributed by atoms with van der Waals surface area (Å²) in [4.78, 5) is 19.4. The molecule has 142 valence electrons. The average molecular weight is 381 g/mol. The Bertz CT molecular complexity index is 963. The molecule has 4 N–H and O–H groups in total. The van der Waals surface area contributed by atoms with Crippen LogP contribution >= 0.6 is 0 Å². The molecule has 0 aromatic carbocycles. The van der Waals surface area contributed by atoms with Crippen LogP contribution in [0.4, 0.5) is 36.3 Å². The molecule has 1 amide bonds. The molecule has 3 heterocycles. The molecule has 3 aromatic rings. The van der Waals surface area contributed by atoms with Gasteiger partial charge in [0.1, 0.15) is 17.1 Å². The summed E-state index contributed by atoms with van der Waals surface area (Å²) in [6, 6.07) is 0. The average Bonchev–Trinajstić information content (AvgIpc) is 3.22. The zero-order valence-electron chi connectivity index (χ0n) is 14.1. The van der Waals surface area contributed by atoms with Gasteiger partial charge in [0, 0.05) is 26.5 Å². The van der Waals surface area contributed by atoms with E-state index >= 15 is 0 Å². The molecule has 0 spiro atoms. The molecule has 3 aromatic heterocycles. The summed E-state index contributed by atoms with van der Waals surface area (Å²) >= 11 is 0. The highest BCUT2D eigenvalue weighted by Crippen LogP contribution is 2.35. The van der Waals surface area contributed by atoms with Crippen LogP contribution in [0.3, 0.4) is 0 Å². The van der Waals surface area contributed by atoms with Crippen LogP contribution in [0.2, 0.25) is 0 Å². The van der Waals surface area contributed by atoms with E-state index in [4.69, 9.17) is 0 Å². The summed E-state index contributed by atoms with van der Waals surface area (Å²) in [5, 5.41) is 17.6.